The molecule has 2 aliphatic rings. The molecule has 3 rings (SSSR count). The Labute approximate surface area is 112 Å². The van der Waals surface area contributed by atoms with E-state index in [1.165, 1.54) is 12.8 Å². The highest BCUT2D eigenvalue weighted by Gasteiger charge is 2.35. The number of methoxy groups -OCH3 is 1. The lowest BCUT2D eigenvalue weighted by Crippen LogP contribution is -2.39. The fourth-order valence-electron chi connectivity index (χ4n) is 2.11. The SMILES string of the molecule is COC1(CNc2nnc(CNC3CC3)o2)CCOC1. The maximum atomic E-state index is 5.52. The van der Waals surface area contributed by atoms with E-state index in [0.717, 1.165) is 13.0 Å². The largest absolute Gasteiger partial charge is 0.407 e. The van der Waals surface area contributed by atoms with Crippen LogP contribution >= 0.6 is 0 Å². The highest BCUT2D eigenvalue weighted by molar-refractivity contribution is 5.19. The first kappa shape index (κ1) is 12.8. The lowest BCUT2D eigenvalue weighted by Gasteiger charge is -2.25. The quantitative estimate of drug-likeness (QED) is 0.747. The second kappa shape index (κ2) is 5.44. The van der Waals surface area contributed by atoms with Gasteiger partial charge in [-0.3, -0.25) is 0 Å². The summed E-state index contributed by atoms with van der Waals surface area (Å²) in [6.45, 7) is 2.58. The highest BCUT2D eigenvalue weighted by Crippen LogP contribution is 2.23. The number of anilines is 1. The van der Waals surface area contributed by atoms with Crippen LogP contribution in [0.2, 0.25) is 0 Å². The van der Waals surface area contributed by atoms with Gasteiger partial charge < -0.3 is 24.5 Å². The molecule has 7 nitrogen and oxygen atoms in total. The van der Waals surface area contributed by atoms with Gasteiger partial charge in [0.1, 0.15) is 5.60 Å². The summed E-state index contributed by atoms with van der Waals surface area (Å²) in [7, 11) is 1.70. The molecule has 106 valence electrons. The topological polar surface area (TPSA) is 81.4 Å². The normalized spacial score (nSPS) is 26.8. The van der Waals surface area contributed by atoms with E-state index in [1.54, 1.807) is 7.11 Å². The van der Waals surface area contributed by atoms with Crippen LogP contribution in [0.15, 0.2) is 4.42 Å². The number of rotatable bonds is 7. The summed E-state index contributed by atoms with van der Waals surface area (Å²) in [5.41, 5.74) is -0.277. The Hall–Kier alpha value is -1.18. The monoisotopic (exact) mass is 268 g/mol. The summed E-state index contributed by atoms with van der Waals surface area (Å²) >= 11 is 0. The van der Waals surface area contributed by atoms with E-state index in [-0.39, 0.29) is 5.60 Å². The van der Waals surface area contributed by atoms with Crippen molar-refractivity contribution in [3.63, 3.8) is 0 Å². The van der Waals surface area contributed by atoms with Crippen LogP contribution in [0.5, 0.6) is 0 Å². The predicted molar refractivity (Wildman–Crippen MR) is 67.8 cm³/mol. The van der Waals surface area contributed by atoms with E-state index in [4.69, 9.17) is 13.9 Å². The van der Waals surface area contributed by atoms with Gasteiger partial charge in [0.15, 0.2) is 0 Å². The zero-order valence-electron chi connectivity index (χ0n) is 11.1. The molecule has 2 heterocycles. The molecule has 0 spiro atoms. The van der Waals surface area contributed by atoms with Crippen LogP contribution in [0.1, 0.15) is 25.2 Å². The van der Waals surface area contributed by atoms with E-state index < -0.39 is 0 Å². The summed E-state index contributed by atoms with van der Waals surface area (Å²) < 4.78 is 16.4. The molecule has 0 amide bonds. The van der Waals surface area contributed by atoms with Crippen LogP contribution < -0.4 is 10.6 Å². The minimum absolute atomic E-state index is 0.277. The molecule has 19 heavy (non-hydrogen) atoms. The summed E-state index contributed by atoms with van der Waals surface area (Å²) in [5, 5.41) is 14.4. The third-order valence-corrected chi connectivity index (χ3v) is 3.65. The molecular weight excluding hydrogens is 248 g/mol. The molecule has 1 aliphatic carbocycles. The molecule has 2 fully saturated rings. The number of hydrogen-bond acceptors (Lipinski definition) is 7. The lowest BCUT2D eigenvalue weighted by molar-refractivity contribution is -0.00654. The fourth-order valence-corrected chi connectivity index (χ4v) is 2.11. The Morgan fingerprint density at radius 3 is 3.00 bits per heavy atom. The van der Waals surface area contributed by atoms with Crippen molar-refractivity contribution in [3.8, 4) is 0 Å². The minimum atomic E-state index is -0.277. The van der Waals surface area contributed by atoms with Crippen molar-refractivity contribution in [2.75, 3.05) is 32.2 Å². The summed E-state index contributed by atoms with van der Waals surface area (Å²) in [5.74, 6) is 0.614. The molecule has 1 aromatic rings. The number of nitrogens with zero attached hydrogens (tertiary/aromatic N) is 2. The number of ether oxygens (including phenoxy) is 2. The smallest absolute Gasteiger partial charge is 0.315 e. The minimum Gasteiger partial charge on any atom is -0.407 e. The maximum absolute atomic E-state index is 5.52. The van der Waals surface area contributed by atoms with Gasteiger partial charge >= 0.3 is 6.01 Å². The lowest BCUT2D eigenvalue weighted by atomic mass is 10.0. The summed E-state index contributed by atoms with van der Waals surface area (Å²) in [6.07, 6.45) is 3.37. The third kappa shape index (κ3) is 3.23. The van der Waals surface area contributed by atoms with Crippen LogP contribution in [-0.2, 0) is 16.0 Å². The van der Waals surface area contributed by atoms with Crippen LogP contribution in [-0.4, -0.2) is 48.7 Å². The maximum Gasteiger partial charge on any atom is 0.315 e. The average molecular weight is 268 g/mol. The molecule has 1 aliphatic heterocycles. The Morgan fingerprint density at radius 2 is 2.32 bits per heavy atom. The van der Waals surface area contributed by atoms with Crippen molar-refractivity contribution in [2.45, 2.75) is 37.5 Å². The van der Waals surface area contributed by atoms with E-state index in [0.29, 0.717) is 37.6 Å². The molecule has 2 N–H and O–H groups in total. The van der Waals surface area contributed by atoms with Crippen LogP contribution in [0.4, 0.5) is 6.01 Å². The van der Waals surface area contributed by atoms with Crippen molar-refractivity contribution in [2.24, 2.45) is 0 Å². The van der Waals surface area contributed by atoms with Crippen molar-refractivity contribution >= 4 is 6.01 Å². The van der Waals surface area contributed by atoms with Gasteiger partial charge in [0, 0.05) is 26.2 Å². The third-order valence-electron chi connectivity index (χ3n) is 3.65. The molecule has 1 aromatic heterocycles. The molecule has 0 aromatic carbocycles. The molecule has 1 unspecified atom stereocenters. The zero-order valence-corrected chi connectivity index (χ0v) is 11.1. The fraction of sp³-hybridized carbons (Fsp3) is 0.833. The Morgan fingerprint density at radius 1 is 1.42 bits per heavy atom. The van der Waals surface area contributed by atoms with Gasteiger partial charge in [-0.1, -0.05) is 5.10 Å². The first-order valence-electron chi connectivity index (χ1n) is 6.72. The highest BCUT2D eigenvalue weighted by atomic mass is 16.5. The molecule has 7 heteroatoms. The van der Waals surface area contributed by atoms with Crippen LogP contribution in [0.25, 0.3) is 0 Å². The summed E-state index contributed by atoms with van der Waals surface area (Å²) in [6, 6.07) is 1.08. The molecule has 0 bridgehead atoms. The van der Waals surface area contributed by atoms with Gasteiger partial charge in [0.2, 0.25) is 5.89 Å². The van der Waals surface area contributed by atoms with E-state index in [2.05, 4.69) is 20.8 Å². The molecule has 1 saturated carbocycles. The molecular formula is C12H20N4O3. The number of hydrogen-bond donors (Lipinski definition) is 2. The standard InChI is InChI=1S/C12H20N4O3/c1-17-12(4-5-18-8-12)7-14-11-16-15-10(19-11)6-13-9-2-3-9/h9,13H,2-8H2,1H3,(H,14,16). The average Bonchev–Trinajstić information content (AvgIpc) is 2.97. The first-order valence-corrected chi connectivity index (χ1v) is 6.72. The second-order valence-corrected chi connectivity index (χ2v) is 5.20. The van der Waals surface area contributed by atoms with Gasteiger partial charge in [0.25, 0.3) is 0 Å². The van der Waals surface area contributed by atoms with Crippen LogP contribution in [0.3, 0.4) is 0 Å². The summed E-state index contributed by atoms with van der Waals surface area (Å²) in [4.78, 5) is 0. The van der Waals surface area contributed by atoms with Crippen LogP contribution in [0, 0.1) is 0 Å². The van der Waals surface area contributed by atoms with Gasteiger partial charge in [-0.25, -0.2) is 0 Å². The van der Waals surface area contributed by atoms with Crippen molar-refractivity contribution in [1.82, 2.24) is 15.5 Å². The Kier molecular flexibility index (Phi) is 3.67. The van der Waals surface area contributed by atoms with Crippen molar-refractivity contribution in [1.29, 1.82) is 0 Å². The van der Waals surface area contributed by atoms with Gasteiger partial charge in [-0.15, -0.1) is 5.10 Å². The Bertz CT molecular complexity index is 413. The van der Waals surface area contributed by atoms with Gasteiger partial charge in [-0.2, -0.15) is 0 Å². The predicted octanol–water partition coefficient (Wildman–Crippen LogP) is 0.539. The number of aromatic nitrogens is 2. The van der Waals surface area contributed by atoms with Gasteiger partial charge in [0.05, 0.1) is 19.7 Å². The zero-order chi connectivity index (χ0) is 13.1. The molecule has 0 radical (unpaired) electrons. The first-order chi connectivity index (χ1) is 9.30. The van der Waals surface area contributed by atoms with E-state index in [9.17, 15) is 0 Å². The van der Waals surface area contributed by atoms with Crippen molar-refractivity contribution < 1.29 is 13.9 Å². The molecule has 1 saturated heterocycles. The second-order valence-electron chi connectivity index (χ2n) is 5.20. The number of nitrogens with one attached hydrogen (secondary N) is 2. The van der Waals surface area contributed by atoms with Gasteiger partial charge in [-0.05, 0) is 12.8 Å². The van der Waals surface area contributed by atoms with E-state index >= 15 is 0 Å². The van der Waals surface area contributed by atoms with Crippen molar-refractivity contribution in [3.05, 3.63) is 5.89 Å². The Balaban J connectivity index is 1.48. The molecule has 1 atom stereocenters. The van der Waals surface area contributed by atoms with E-state index in [1.807, 2.05) is 0 Å².